The normalized spacial score (nSPS) is 14.4. The van der Waals surface area contributed by atoms with Crippen molar-refractivity contribution in [3.05, 3.63) is 48.6 Å². The number of rotatable bonds is 7. The van der Waals surface area contributed by atoms with E-state index in [9.17, 15) is 0 Å². The summed E-state index contributed by atoms with van der Waals surface area (Å²) in [4.78, 5) is 0. The minimum atomic E-state index is 0.0442. The Kier molecular flexibility index (Phi) is 5.83. The van der Waals surface area contributed by atoms with Gasteiger partial charge < -0.3 is 9.84 Å². The molecule has 0 fully saturated rings. The largest absolute Gasteiger partial charge is 0.396 e. The fourth-order valence-electron chi connectivity index (χ4n) is 1.55. The highest BCUT2D eigenvalue weighted by atomic mass is 16.5. The zero-order chi connectivity index (χ0) is 11.8. The van der Waals surface area contributed by atoms with Crippen LogP contribution >= 0.6 is 0 Å². The van der Waals surface area contributed by atoms with Crippen LogP contribution in [0.2, 0.25) is 0 Å². The molecule has 1 aromatic carbocycles. The van der Waals surface area contributed by atoms with E-state index < -0.39 is 0 Å². The molecule has 1 rings (SSSR count). The van der Waals surface area contributed by atoms with E-state index in [2.05, 4.69) is 13.5 Å². The molecule has 2 nitrogen and oxygen atoms in total. The molecule has 0 spiro atoms. The molecular formula is C14H20O2. The summed E-state index contributed by atoms with van der Waals surface area (Å²) in [6.07, 6.45) is 2.56. The Hall–Kier alpha value is -1.12. The first-order valence-corrected chi connectivity index (χ1v) is 5.67. The average Bonchev–Trinajstić information content (AvgIpc) is 2.34. The van der Waals surface area contributed by atoms with Crippen LogP contribution in [0.3, 0.4) is 0 Å². The van der Waals surface area contributed by atoms with Crippen LogP contribution in [0.4, 0.5) is 0 Å². The predicted octanol–water partition coefficient (Wildman–Crippen LogP) is 2.78. The van der Waals surface area contributed by atoms with E-state index in [1.807, 2.05) is 36.4 Å². The molecule has 0 amide bonds. The van der Waals surface area contributed by atoms with Gasteiger partial charge in [-0.25, -0.2) is 0 Å². The van der Waals surface area contributed by atoms with E-state index in [1.54, 1.807) is 0 Å². The van der Waals surface area contributed by atoms with Crippen LogP contribution in [-0.2, 0) is 11.3 Å². The fraction of sp³-hybridized carbons (Fsp3) is 0.429. The summed E-state index contributed by atoms with van der Waals surface area (Å²) in [5, 5.41) is 8.96. The summed E-state index contributed by atoms with van der Waals surface area (Å²) in [5.41, 5.74) is 1.15. The molecule has 0 heterocycles. The van der Waals surface area contributed by atoms with Crippen LogP contribution in [-0.4, -0.2) is 17.8 Å². The topological polar surface area (TPSA) is 29.5 Å². The van der Waals surface area contributed by atoms with Crippen molar-refractivity contribution in [1.82, 2.24) is 0 Å². The molecule has 0 radical (unpaired) electrons. The van der Waals surface area contributed by atoms with Crippen LogP contribution in [0.5, 0.6) is 0 Å². The van der Waals surface area contributed by atoms with Gasteiger partial charge in [0.2, 0.25) is 0 Å². The van der Waals surface area contributed by atoms with Crippen molar-refractivity contribution in [2.24, 2.45) is 5.92 Å². The van der Waals surface area contributed by atoms with Crippen LogP contribution in [0, 0.1) is 5.92 Å². The Morgan fingerprint density at radius 3 is 2.62 bits per heavy atom. The lowest BCUT2D eigenvalue weighted by atomic mass is 10.0. The second kappa shape index (κ2) is 7.20. The van der Waals surface area contributed by atoms with Crippen molar-refractivity contribution in [2.45, 2.75) is 26.1 Å². The zero-order valence-electron chi connectivity index (χ0n) is 9.80. The quantitative estimate of drug-likeness (QED) is 0.716. The zero-order valence-corrected chi connectivity index (χ0v) is 9.80. The molecule has 0 saturated heterocycles. The first kappa shape index (κ1) is 12.9. The van der Waals surface area contributed by atoms with E-state index >= 15 is 0 Å². The number of benzene rings is 1. The summed E-state index contributed by atoms with van der Waals surface area (Å²) in [6.45, 7) is 6.55. The number of aliphatic hydroxyl groups excluding tert-OH is 1. The van der Waals surface area contributed by atoms with Gasteiger partial charge >= 0.3 is 0 Å². The Bertz CT molecular complexity index is 295. The summed E-state index contributed by atoms with van der Waals surface area (Å²) >= 11 is 0. The standard InChI is InChI=1S/C14H20O2/c1-3-12(2)14(9-10-15)16-11-13-7-5-4-6-8-13/h3-8,12,14-15H,1,9-11H2,2H3. The van der Waals surface area contributed by atoms with Crippen LogP contribution in [0.1, 0.15) is 18.9 Å². The molecule has 2 unspecified atom stereocenters. The highest BCUT2D eigenvalue weighted by molar-refractivity contribution is 5.13. The van der Waals surface area contributed by atoms with Crippen LogP contribution in [0.15, 0.2) is 43.0 Å². The van der Waals surface area contributed by atoms with Crippen molar-refractivity contribution >= 4 is 0 Å². The molecule has 88 valence electrons. The van der Waals surface area contributed by atoms with Gasteiger partial charge in [-0.15, -0.1) is 6.58 Å². The fourth-order valence-corrected chi connectivity index (χ4v) is 1.55. The molecule has 0 aliphatic carbocycles. The molecule has 1 aromatic rings. The number of hydrogen-bond acceptors (Lipinski definition) is 2. The number of ether oxygens (including phenoxy) is 1. The molecule has 2 atom stereocenters. The van der Waals surface area contributed by atoms with Gasteiger partial charge in [0, 0.05) is 12.5 Å². The maximum Gasteiger partial charge on any atom is 0.0720 e. The van der Waals surface area contributed by atoms with Gasteiger partial charge in [0.05, 0.1) is 12.7 Å². The molecule has 16 heavy (non-hydrogen) atoms. The second-order valence-electron chi connectivity index (χ2n) is 3.94. The molecule has 2 heteroatoms. The van der Waals surface area contributed by atoms with Crippen molar-refractivity contribution in [2.75, 3.05) is 6.61 Å². The maximum atomic E-state index is 8.96. The van der Waals surface area contributed by atoms with Crippen LogP contribution in [0.25, 0.3) is 0 Å². The van der Waals surface area contributed by atoms with E-state index in [4.69, 9.17) is 9.84 Å². The Morgan fingerprint density at radius 2 is 2.06 bits per heavy atom. The SMILES string of the molecule is C=CC(C)C(CCO)OCc1ccccc1. The molecule has 0 aromatic heterocycles. The monoisotopic (exact) mass is 220 g/mol. The smallest absolute Gasteiger partial charge is 0.0720 e. The maximum absolute atomic E-state index is 8.96. The summed E-state index contributed by atoms with van der Waals surface area (Å²) in [7, 11) is 0. The number of hydrogen-bond donors (Lipinski definition) is 1. The molecule has 1 N–H and O–H groups in total. The van der Waals surface area contributed by atoms with E-state index in [1.165, 1.54) is 0 Å². The van der Waals surface area contributed by atoms with E-state index in [0.717, 1.165) is 5.56 Å². The van der Waals surface area contributed by atoms with Crippen LogP contribution < -0.4 is 0 Å². The lowest BCUT2D eigenvalue weighted by Crippen LogP contribution is -2.21. The summed E-state index contributed by atoms with van der Waals surface area (Å²) in [6, 6.07) is 10.1. The molecule has 0 aliphatic rings. The third kappa shape index (κ3) is 4.17. The molecular weight excluding hydrogens is 200 g/mol. The second-order valence-corrected chi connectivity index (χ2v) is 3.94. The molecule has 0 aliphatic heterocycles. The molecule has 0 bridgehead atoms. The minimum absolute atomic E-state index is 0.0442. The van der Waals surface area contributed by atoms with Gasteiger partial charge in [-0.2, -0.15) is 0 Å². The van der Waals surface area contributed by atoms with Gasteiger partial charge in [0.25, 0.3) is 0 Å². The van der Waals surface area contributed by atoms with Gasteiger partial charge in [-0.1, -0.05) is 43.3 Å². The first-order valence-electron chi connectivity index (χ1n) is 5.67. The third-order valence-corrected chi connectivity index (χ3v) is 2.68. The van der Waals surface area contributed by atoms with Crippen molar-refractivity contribution in [3.63, 3.8) is 0 Å². The minimum Gasteiger partial charge on any atom is -0.396 e. The summed E-state index contributed by atoms with van der Waals surface area (Å²) in [5.74, 6) is 0.260. The predicted molar refractivity (Wildman–Crippen MR) is 66.1 cm³/mol. The van der Waals surface area contributed by atoms with Gasteiger partial charge in [0.15, 0.2) is 0 Å². The Balaban J connectivity index is 2.46. The Labute approximate surface area is 97.6 Å². The highest BCUT2D eigenvalue weighted by Gasteiger charge is 2.14. The van der Waals surface area contributed by atoms with Crippen molar-refractivity contribution in [3.8, 4) is 0 Å². The lowest BCUT2D eigenvalue weighted by Gasteiger charge is -2.21. The average molecular weight is 220 g/mol. The van der Waals surface area contributed by atoms with E-state index in [-0.39, 0.29) is 18.6 Å². The van der Waals surface area contributed by atoms with Crippen molar-refractivity contribution < 1.29 is 9.84 Å². The van der Waals surface area contributed by atoms with Crippen molar-refractivity contribution in [1.29, 1.82) is 0 Å². The molecule has 0 saturated carbocycles. The van der Waals surface area contributed by atoms with Gasteiger partial charge in [-0.05, 0) is 12.0 Å². The van der Waals surface area contributed by atoms with Gasteiger partial charge in [-0.3, -0.25) is 0 Å². The summed E-state index contributed by atoms with van der Waals surface area (Å²) < 4.78 is 5.79. The number of aliphatic hydroxyl groups is 1. The Morgan fingerprint density at radius 1 is 1.38 bits per heavy atom. The van der Waals surface area contributed by atoms with Gasteiger partial charge in [0.1, 0.15) is 0 Å². The first-order chi connectivity index (χ1) is 7.77. The highest BCUT2D eigenvalue weighted by Crippen LogP contribution is 2.14. The third-order valence-electron chi connectivity index (χ3n) is 2.68. The van der Waals surface area contributed by atoms with E-state index in [0.29, 0.717) is 13.0 Å². The lowest BCUT2D eigenvalue weighted by molar-refractivity contribution is 0.00285.